The summed E-state index contributed by atoms with van der Waals surface area (Å²) in [5, 5.41) is 8.27. The van der Waals surface area contributed by atoms with Gasteiger partial charge in [0, 0.05) is 12.6 Å². The van der Waals surface area contributed by atoms with Gasteiger partial charge >= 0.3 is 0 Å². The van der Waals surface area contributed by atoms with E-state index in [1.807, 2.05) is 0 Å². The summed E-state index contributed by atoms with van der Waals surface area (Å²) in [5.74, 6) is 0.369. The molecule has 1 aliphatic rings. The maximum absolute atomic E-state index is 11.3. The van der Waals surface area contributed by atoms with Crippen LogP contribution in [0.1, 0.15) is 25.3 Å². The number of benzene rings is 1. The lowest BCUT2D eigenvalue weighted by Crippen LogP contribution is -2.42. The van der Waals surface area contributed by atoms with Gasteiger partial charge in [0.05, 0.1) is 11.4 Å². The standard InChI is InChI=1S/C15H25N5O2S.HI/c1-2-20-8-4-6-13(20)11-19-15(16)18-10-12-5-3-7-14(9-12)23(17,21)22;/h3,5,7,9,13H,2,4,6,8,10-11H2,1H3,(H3,16,18,19)(H2,17,21,22);1H. The third-order valence-corrected chi connectivity index (χ3v) is 4.99. The Bertz CT molecular complexity index is 666. The highest BCUT2D eigenvalue weighted by Crippen LogP contribution is 2.15. The minimum Gasteiger partial charge on any atom is -0.370 e. The molecule has 0 saturated carbocycles. The van der Waals surface area contributed by atoms with Crippen LogP contribution in [0.4, 0.5) is 0 Å². The van der Waals surface area contributed by atoms with Crippen LogP contribution in [0.5, 0.6) is 0 Å². The summed E-state index contributed by atoms with van der Waals surface area (Å²) in [6.45, 7) is 5.43. The largest absolute Gasteiger partial charge is 0.370 e. The number of nitrogens with zero attached hydrogens (tertiary/aromatic N) is 2. The van der Waals surface area contributed by atoms with Gasteiger partial charge in [0.25, 0.3) is 0 Å². The van der Waals surface area contributed by atoms with E-state index in [1.165, 1.54) is 25.0 Å². The molecule has 0 amide bonds. The molecule has 0 spiro atoms. The van der Waals surface area contributed by atoms with Crippen LogP contribution in [0.25, 0.3) is 0 Å². The molecule has 5 N–H and O–H groups in total. The molecule has 9 heteroatoms. The van der Waals surface area contributed by atoms with Gasteiger partial charge in [0.2, 0.25) is 10.0 Å². The summed E-state index contributed by atoms with van der Waals surface area (Å²) in [6.07, 6.45) is 2.39. The van der Waals surface area contributed by atoms with Crippen molar-refractivity contribution in [2.75, 3.05) is 19.6 Å². The van der Waals surface area contributed by atoms with Crippen LogP contribution in [-0.4, -0.2) is 45.0 Å². The predicted molar refractivity (Wildman–Crippen MR) is 107 cm³/mol. The zero-order valence-electron chi connectivity index (χ0n) is 13.8. The topological polar surface area (TPSA) is 114 Å². The molecule has 136 valence electrons. The second-order valence-corrected chi connectivity index (χ2v) is 7.26. The summed E-state index contributed by atoms with van der Waals surface area (Å²) < 4.78 is 22.7. The number of primary sulfonamides is 1. The van der Waals surface area contributed by atoms with Gasteiger partial charge in [-0.3, -0.25) is 4.90 Å². The van der Waals surface area contributed by atoms with Crippen LogP contribution >= 0.6 is 24.0 Å². The summed E-state index contributed by atoms with van der Waals surface area (Å²) in [7, 11) is -3.70. The Hall–Kier alpha value is -0.910. The molecule has 1 aliphatic heterocycles. The van der Waals surface area contributed by atoms with Crippen molar-refractivity contribution in [3.63, 3.8) is 0 Å². The molecule has 0 radical (unpaired) electrons. The second kappa shape index (κ2) is 9.54. The Morgan fingerprint density at radius 3 is 2.88 bits per heavy atom. The van der Waals surface area contributed by atoms with E-state index in [9.17, 15) is 8.42 Å². The number of guanidine groups is 1. The zero-order valence-corrected chi connectivity index (χ0v) is 17.0. The number of halogens is 1. The molecule has 0 aromatic heterocycles. The van der Waals surface area contributed by atoms with Crippen LogP contribution in [-0.2, 0) is 16.6 Å². The summed E-state index contributed by atoms with van der Waals surface area (Å²) in [4.78, 5) is 6.77. The normalized spacial score (nSPS) is 19.1. The third-order valence-electron chi connectivity index (χ3n) is 4.08. The summed E-state index contributed by atoms with van der Waals surface area (Å²) >= 11 is 0. The van der Waals surface area contributed by atoms with Gasteiger partial charge < -0.3 is 11.1 Å². The first-order chi connectivity index (χ1) is 10.9. The maximum atomic E-state index is 11.3. The van der Waals surface area contributed by atoms with Crippen LogP contribution < -0.4 is 16.2 Å². The van der Waals surface area contributed by atoms with Gasteiger partial charge in [-0.2, -0.15) is 0 Å². The van der Waals surface area contributed by atoms with Gasteiger partial charge in [-0.25, -0.2) is 18.5 Å². The summed E-state index contributed by atoms with van der Waals surface area (Å²) in [6, 6.07) is 6.91. The van der Waals surface area contributed by atoms with Crippen molar-refractivity contribution < 1.29 is 8.42 Å². The fraction of sp³-hybridized carbons (Fsp3) is 0.533. The van der Waals surface area contributed by atoms with Crippen LogP contribution in [0.3, 0.4) is 0 Å². The Balaban J connectivity index is 0.00000288. The van der Waals surface area contributed by atoms with E-state index in [-0.39, 0.29) is 28.9 Å². The van der Waals surface area contributed by atoms with Crippen molar-refractivity contribution in [1.29, 1.82) is 0 Å². The van der Waals surface area contributed by atoms with E-state index < -0.39 is 10.0 Å². The number of hydrogen-bond acceptors (Lipinski definition) is 4. The van der Waals surface area contributed by atoms with Crippen molar-refractivity contribution in [3.8, 4) is 0 Å². The van der Waals surface area contributed by atoms with Gasteiger partial charge in [-0.15, -0.1) is 24.0 Å². The molecule has 7 nitrogen and oxygen atoms in total. The number of likely N-dealkylation sites (N-methyl/N-ethyl adjacent to an activating group) is 1. The van der Waals surface area contributed by atoms with Crippen LogP contribution in [0.2, 0.25) is 0 Å². The predicted octanol–water partition coefficient (Wildman–Crippen LogP) is 0.841. The molecule has 1 atom stereocenters. The van der Waals surface area contributed by atoms with Crippen molar-refractivity contribution in [1.82, 2.24) is 10.2 Å². The minimum absolute atomic E-state index is 0. The lowest BCUT2D eigenvalue weighted by Gasteiger charge is -2.23. The van der Waals surface area contributed by atoms with Gasteiger partial charge in [0.15, 0.2) is 5.96 Å². The molecule has 1 fully saturated rings. The Morgan fingerprint density at radius 2 is 2.21 bits per heavy atom. The van der Waals surface area contributed by atoms with Crippen LogP contribution in [0, 0.1) is 0 Å². The lowest BCUT2D eigenvalue weighted by molar-refractivity contribution is 0.267. The molecule has 0 aliphatic carbocycles. The highest BCUT2D eigenvalue weighted by atomic mass is 127. The summed E-state index contributed by atoms with van der Waals surface area (Å²) in [5.41, 5.74) is 6.64. The average molecular weight is 467 g/mol. The smallest absolute Gasteiger partial charge is 0.238 e. The van der Waals surface area contributed by atoms with E-state index in [4.69, 9.17) is 10.9 Å². The van der Waals surface area contributed by atoms with Crippen molar-refractivity contribution in [2.45, 2.75) is 37.2 Å². The first kappa shape index (κ1) is 21.1. The quantitative estimate of drug-likeness (QED) is 0.326. The van der Waals surface area contributed by atoms with E-state index >= 15 is 0 Å². The SMILES string of the molecule is CCN1CCCC1CNC(N)=NCc1cccc(S(N)(=O)=O)c1.I. The average Bonchev–Trinajstić information content (AvgIpc) is 2.98. The molecule has 24 heavy (non-hydrogen) atoms. The number of sulfonamides is 1. The first-order valence-corrected chi connectivity index (χ1v) is 9.34. The Labute approximate surface area is 160 Å². The van der Waals surface area contributed by atoms with Gasteiger partial charge in [-0.1, -0.05) is 19.1 Å². The highest BCUT2D eigenvalue weighted by molar-refractivity contribution is 14.0. The van der Waals surface area contributed by atoms with Crippen molar-refractivity contribution >= 4 is 40.0 Å². The van der Waals surface area contributed by atoms with E-state index in [0.29, 0.717) is 18.5 Å². The highest BCUT2D eigenvalue weighted by Gasteiger charge is 2.22. The zero-order chi connectivity index (χ0) is 16.9. The number of rotatable bonds is 6. The van der Waals surface area contributed by atoms with Crippen molar-refractivity contribution in [3.05, 3.63) is 29.8 Å². The molecule has 2 rings (SSSR count). The van der Waals surface area contributed by atoms with Gasteiger partial charge in [0.1, 0.15) is 0 Å². The van der Waals surface area contributed by atoms with E-state index in [2.05, 4.69) is 22.1 Å². The molecule has 1 unspecified atom stereocenters. The molecule has 1 aromatic carbocycles. The second-order valence-electron chi connectivity index (χ2n) is 5.70. The fourth-order valence-corrected chi connectivity index (χ4v) is 3.40. The van der Waals surface area contributed by atoms with Crippen LogP contribution in [0.15, 0.2) is 34.2 Å². The Kier molecular flexibility index (Phi) is 8.40. The first-order valence-electron chi connectivity index (χ1n) is 7.79. The maximum Gasteiger partial charge on any atom is 0.238 e. The fourth-order valence-electron chi connectivity index (χ4n) is 2.82. The van der Waals surface area contributed by atoms with Gasteiger partial charge in [-0.05, 0) is 43.6 Å². The molecular formula is C15H26IN5O2S. The molecular weight excluding hydrogens is 441 g/mol. The molecule has 0 bridgehead atoms. The minimum atomic E-state index is -3.70. The monoisotopic (exact) mass is 467 g/mol. The third kappa shape index (κ3) is 6.19. The molecule has 1 heterocycles. The van der Waals surface area contributed by atoms with E-state index in [1.54, 1.807) is 12.1 Å². The number of aliphatic imine (C=N–C) groups is 1. The molecule has 1 aromatic rings. The number of nitrogens with one attached hydrogen (secondary N) is 1. The number of hydrogen-bond donors (Lipinski definition) is 3. The van der Waals surface area contributed by atoms with E-state index in [0.717, 1.165) is 25.2 Å². The number of likely N-dealkylation sites (tertiary alicyclic amines) is 1. The lowest BCUT2D eigenvalue weighted by atomic mass is 10.2. The number of nitrogens with two attached hydrogens (primary N) is 2. The molecule has 1 saturated heterocycles. The van der Waals surface area contributed by atoms with Crippen molar-refractivity contribution in [2.24, 2.45) is 15.9 Å². The Morgan fingerprint density at radius 1 is 1.46 bits per heavy atom.